The van der Waals surface area contributed by atoms with E-state index in [9.17, 15) is 23.2 Å². The monoisotopic (exact) mass is 448 g/mol. The molecule has 1 amide bonds. The fourth-order valence-corrected chi connectivity index (χ4v) is 3.52. The standard InChI is InChI=1S/C19H18F2N6O3S/c1-9-11(20)4-10(5-12(9)21)13-8-31-18(24-13)25-15(28)7-23-16-14(6-22)26(2)19(30)27(3)17(16)29/h4-6,8,22-23H,7H2,1-3H3,(H,24,25,28). The van der Waals surface area contributed by atoms with Gasteiger partial charge in [-0.15, -0.1) is 11.3 Å². The van der Waals surface area contributed by atoms with Crippen molar-refractivity contribution in [3.63, 3.8) is 0 Å². The molecule has 0 atom stereocenters. The summed E-state index contributed by atoms with van der Waals surface area (Å²) in [6.45, 7) is 0.993. The molecule has 9 nitrogen and oxygen atoms in total. The van der Waals surface area contributed by atoms with Gasteiger partial charge < -0.3 is 16.0 Å². The van der Waals surface area contributed by atoms with Gasteiger partial charge in [-0.25, -0.2) is 18.6 Å². The van der Waals surface area contributed by atoms with Crippen LogP contribution in [-0.4, -0.2) is 32.8 Å². The molecule has 3 rings (SSSR count). The third-order valence-corrected chi connectivity index (χ3v) is 5.36. The number of aromatic nitrogens is 3. The molecule has 2 aromatic heterocycles. The minimum atomic E-state index is -0.696. The zero-order valence-electron chi connectivity index (χ0n) is 16.7. The van der Waals surface area contributed by atoms with Gasteiger partial charge in [0.05, 0.1) is 17.9 Å². The van der Waals surface area contributed by atoms with E-state index in [0.29, 0.717) is 5.69 Å². The largest absolute Gasteiger partial charge is 0.370 e. The van der Waals surface area contributed by atoms with Crippen LogP contribution in [0.3, 0.4) is 0 Å². The summed E-state index contributed by atoms with van der Waals surface area (Å²) in [7, 11) is 2.69. The molecule has 2 heterocycles. The summed E-state index contributed by atoms with van der Waals surface area (Å²) >= 11 is 1.06. The first kappa shape index (κ1) is 22.0. The molecule has 0 aliphatic rings. The van der Waals surface area contributed by atoms with Crippen LogP contribution < -0.4 is 21.9 Å². The molecule has 31 heavy (non-hydrogen) atoms. The van der Waals surface area contributed by atoms with Crippen molar-refractivity contribution in [1.29, 1.82) is 5.41 Å². The van der Waals surface area contributed by atoms with Gasteiger partial charge in [-0.3, -0.25) is 18.7 Å². The molecule has 0 fully saturated rings. The van der Waals surface area contributed by atoms with Gasteiger partial charge in [0.25, 0.3) is 5.56 Å². The van der Waals surface area contributed by atoms with E-state index in [2.05, 4.69) is 15.6 Å². The molecule has 0 aliphatic carbocycles. The molecule has 0 saturated carbocycles. The lowest BCUT2D eigenvalue weighted by Crippen LogP contribution is -2.41. The van der Waals surface area contributed by atoms with Gasteiger partial charge in [0.2, 0.25) is 5.91 Å². The average molecular weight is 448 g/mol. The molecule has 0 radical (unpaired) electrons. The molecule has 0 bridgehead atoms. The number of hydrogen-bond donors (Lipinski definition) is 3. The van der Waals surface area contributed by atoms with Gasteiger partial charge in [0, 0.05) is 36.8 Å². The molecule has 3 N–H and O–H groups in total. The number of amides is 1. The van der Waals surface area contributed by atoms with Crippen LogP contribution in [0.1, 0.15) is 11.3 Å². The molecule has 0 saturated heterocycles. The molecule has 0 spiro atoms. The van der Waals surface area contributed by atoms with E-state index in [1.165, 1.54) is 21.0 Å². The molecule has 12 heteroatoms. The van der Waals surface area contributed by atoms with Crippen LogP contribution in [0, 0.1) is 24.0 Å². The van der Waals surface area contributed by atoms with E-state index in [1.807, 2.05) is 0 Å². The highest BCUT2D eigenvalue weighted by molar-refractivity contribution is 7.14. The number of carbonyl (C=O) groups excluding carboxylic acids is 1. The van der Waals surface area contributed by atoms with Crippen molar-refractivity contribution >= 4 is 34.3 Å². The Hall–Kier alpha value is -3.67. The highest BCUT2D eigenvalue weighted by atomic mass is 32.1. The summed E-state index contributed by atoms with van der Waals surface area (Å²) in [4.78, 5) is 40.7. The minimum absolute atomic E-state index is 0.0286. The molecule has 3 aromatic rings. The SMILES string of the molecule is Cc1c(F)cc(-c2csc(NC(=O)CNc3c(C=N)n(C)c(=O)n(C)c3=O)n2)cc1F. The zero-order chi connectivity index (χ0) is 22.9. The van der Waals surface area contributed by atoms with Crippen molar-refractivity contribution in [2.24, 2.45) is 14.1 Å². The number of nitrogens with one attached hydrogen (secondary N) is 3. The van der Waals surface area contributed by atoms with Crippen LogP contribution in [0.4, 0.5) is 19.6 Å². The fourth-order valence-electron chi connectivity index (χ4n) is 2.78. The average Bonchev–Trinajstić information content (AvgIpc) is 3.20. The van der Waals surface area contributed by atoms with Crippen molar-refractivity contribution in [1.82, 2.24) is 14.1 Å². The molecule has 0 aliphatic heterocycles. The number of anilines is 2. The van der Waals surface area contributed by atoms with Crippen LogP contribution in [0.25, 0.3) is 11.3 Å². The van der Waals surface area contributed by atoms with Crippen molar-refractivity contribution in [2.45, 2.75) is 6.92 Å². The Bertz CT molecular complexity index is 1290. The first-order valence-electron chi connectivity index (χ1n) is 8.89. The number of halogens is 2. The number of benzene rings is 1. The Morgan fingerprint density at radius 2 is 1.87 bits per heavy atom. The Morgan fingerprint density at radius 1 is 1.23 bits per heavy atom. The Morgan fingerprint density at radius 3 is 2.48 bits per heavy atom. The second kappa shape index (κ2) is 8.60. The third kappa shape index (κ3) is 4.28. The lowest BCUT2D eigenvalue weighted by molar-refractivity contribution is -0.114. The normalized spacial score (nSPS) is 10.7. The van der Waals surface area contributed by atoms with Crippen LogP contribution in [-0.2, 0) is 18.9 Å². The summed E-state index contributed by atoms with van der Waals surface area (Å²) in [6, 6.07) is 2.32. The van der Waals surface area contributed by atoms with E-state index >= 15 is 0 Å². The smallest absolute Gasteiger partial charge is 0.331 e. The number of rotatable bonds is 6. The zero-order valence-corrected chi connectivity index (χ0v) is 17.6. The van der Waals surface area contributed by atoms with Crippen molar-refractivity contribution in [3.8, 4) is 11.3 Å². The van der Waals surface area contributed by atoms with Gasteiger partial charge in [-0.05, 0) is 19.1 Å². The maximum absolute atomic E-state index is 13.8. The van der Waals surface area contributed by atoms with Crippen LogP contribution in [0.5, 0.6) is 0 Å². The number of nitrogens with zero attached hydrogens (tertiary/aromatic N) is 3. The first-order valence-corrected chi connectivity index (χ1v) is 9.77. The number of thiazole rings is 1. The summed E-state index contributed by atoms with van der Waals surface area (Å²) in [6.07, 6.45) is 0.843. The molecule has 162 valence electrons. The minimum Gasteiger partial charge on any atom is -0.370 e. The molecular formula is C19H18F2N6O3S. The van der Waals surface area contributed by atoms with E-state index in [4.69, 9.17) is 5.41 Å². The number of hydrogen-bond acceptors (Lipinski definition) is 7. The second-order valence-corrected chi connectivity index (χ2v) is 7.47. The second-order valence-electron chi connectivity index (χ2n) is 6.61. The lowest BCUT2D eigenvalue weighted by atomic mass is 10.1. The molecular weight excluding hydrogens is 430 g/mol. The molecule has 0 unspecified atom stereocenters. The van der Waals surface area contributed by atoms with Crippen molar-refractivity contribution < 1.29 is 13.6 Å². The van der Waals surface area contributed by atoms with Crippen LogP contribution in [0.2, 0.25) is 0 Å². The van der Waals surface area contributed by atoms with E-state index in [0.717, 1.165) is 38.8 Å². The summed E-state index contributed by atoms with van der Waals surface area (Å²) < 4.78 is 29.5. The van der Waals surface area contributed by atoms with Gasteiger partial charge in [0.1, 0.15) is 17.3 Å². The Kier molecular flexibility index (Phi) is 6.11. The Labute approximate surface area is 178 Å². The maximum Gasteiger partial charge on any atom is 0.331 e. The molecule has 1 aromatic carbocycles. The Balaban J connectivity index is 1.74. The topological polar surface area (TPSA) is 122 Å². The third-order valence-electron chi connectivity index (χ3n) is 4.60. The predicted molar refractivity (Wildman–Crippen MR) is 114 cm³/mol. The van der Waals surface area contributed by atoms with E-state index in [1.54, 1.807) is 5.38 Å². The highest BCUT2D eigenvalue weighted by Crippen LogP contribution is 2.27. The van der Waals surface area contributed by atoms with Crippen molar-refractivity contribution in [2.75, 3.05) is 17.2 Å². The van der Waals surface area contributed by atoms with E-state index in [-0.39, 0.29) is 34.2 Å². The summed E-state index contributed by atoms with van der Waals surface area (Å²) in [5, 5.41) is 14.4. The van der Waals surface area contributed by atoms with Gasteiger partial charge in [-0.2, -0.15) is 0 Å². The highest BCUT2D eigenvalue weighted by Gasteiger charge is 2.16. The van der Waals surface area contributed by atoms with Gasteiger partial charge in [-0.1, -0.05) is 0 Å². The first-order chi connectivity index (χ1) is 14.6. The van der Waals surface area contributed by atoms with E-state index < -0.39 is 28.8 Å². The van der Waals surface area contributed by atoms with Gasteiger partial charge in [0.15, 0.2) is 5.13 Å². The van der Waals surface area contributed by atoms with Crippen molar-refractivity contribution in [3.05, 3.63) is 61.2 Å². The predicted octanol–water partition coefficient (Wildman–Crippen LogP) is 1.84. The summed E-state index contributed by atoms with van der Waals surface area (Å²) in [5.74, 6) is -1.94. The van der Waals surface area contributed by atoms with Gasteiger partial charge >= 0.3 is 5.69 Å². The van der Waals surface area contributed by atoms with Crippen LogP contribution >= 0.6 is 11.3 Å². The number of carbonyl (C=O) groups is 1. The lowest BCUT2D eigenvalue weighted by Gasteiger charge is -2.13. The fraction of sp³-hybridized carbons (Fsp3) is 0.211. The maximum atomic E-state index is 13.8. The summed E-state index contributed by atoms with van der Waals surface area (Å²) in [5.41, 5.74) is -0.871. The quantitative estimate of drug-likeness (QED) is 0.497. The van der Waals surface area contributed by atoms with Crippen LogP contribution in [0.15, 0.2) is 27.1 Å².